The Bertz CT molecular complexity index is 714. The monoisotopic (exact) mass is 332 g/mol. The van der Waals surface area contributed by atoms with Crippen LogP contribution in [0.4, 0.5) is 10.2 Å². The van der Waals surface area contributed by atoms with Crippen LogP contribution in [-0.2, 0) is 4.79 Å². The average Bonchev–Trinajstić information content (AvgIpc) is 2.88. The molecule has 1 amide bonds. The van der Waals surface area contributed by atoms with Crippen molar-refractivity contribution >= 4 is 11.7 Å². The fourth-order valence-electron chi connectivity index (χ4n) is 2.93. The highest BCUT2D eigenvalue weighted by Crippen LogP contribution is 2.18. The van der Waals surface area contributed by atoms with Crippen molar-refractivity contribution in [3.63, 3.8) is 0 Å². The molecule has 2 heterocycles. The number of aliphatic hydroxyl groups is 1. The SMILES string of the molecule is Cc1cc(NC(=O)CN2CCCC(O)C2)n(-c2ccc(F)cc2)n1. The average molecular weight is 332 g/mol. The number of aromatic nitrogens is 2. The first-order chi connectivity index (χ1) is 11.5. The fourth-order valence-corrected chi connectivity index (χ4v) is 2.93. The number of hydrogen-bond donors (Lipinski definition) is 2. The van der Waals surface area contributed by atoms with Gasteiger partial charge < -0.3 is 10.4 Å². The summed E-state index contributed by atoms with van der Waals surface area (Å²) in [5, 5.41) is 16.9. The van der Waals surface area contributed by atoms with Crippen molar-refractivity contribution in [2.75, 3.05) is 25.0 Å². The first kappa shape index (κ1) is 16.6. The molecule has 1 aliphatic rings. The molecule has 1 aromatic carbocycles. The Morgan fingerprint density at radius 3 is 2.88 bits per heavy atom. The topological polar surface area (TPSA) is 70.4 Å². The molecular weight excluding hydrogens is 311 g/mol. The van der Waals surface area contributed by atoms with E-state index in [4.69, 9.17) is 0 Å². The van der Waals surface area contributed by atoms with Gasteiger partial charge in [-0.25, -0.2) is 9.07 Å². The van der Waals surface area contributed by atoms with E-state index in [0.29, 0.717) is 18.1 Å². The molecule has 0 bridgehead atoms. The number of rotatable bonds is 4. The van der Waals surface area contributed by atoms with Gasteiger partial charge in [0.1, 0.15) is 11.6 Å². The van der Waals surface area contributed by atoms with E-state index in [-0.39, 0.29) is 24.4 Å². The maximum Gasteiger partial charge on any atom is 0.239 e. The molecule has 2 N–H and O–H groups in total. The molecule has 1 atom stereocenters. The van der Waals surface area contributed by atoms with Gasteiger partial charge in [-0.05, 0) is 50.6 Å². The summed E-state index contributed by atoms with van der Waals surface area (Å²) in [6, 6.07) is 7.70. The molecular formula is C17H21FN4O2. The minimum atomic E-state index is -0.362. The number of likely N-dealkylation sites (tertiary alicyclic amines) is 1. The molecule has 2 aromatic rings. The van der Waals surface area contributed by atoms with Gasteiger partial charge in [-0.2, -0.15) is 5.10 Å². The van der Waals surface area contributed by atoms with Crippen LogP contribution in [0.2, 0.25) is 0 Å². The lowest BCUT2D eigenvalue weighted by Gasteiger charge is -2.29. The highest BCUT2D eigenvalue weighted by atomic mass is 19.1. The first-order valence-corrected chi connectivity index (χ1v) is 8.04. The Balaban J connectivity index is 1.70. The lowest BCUT2D eigenvalue weighted by molar-refractivity contribution is -0.118. The van der Waals surface area contributed by atoms with Crippen molar-refractivity contribution in [3.8, 4) is 5.69 Å². The molecule has 128 valence electrons. The third-order valence-corrected chi connectivity index (χ3v) is 4.02. The van der Waals surface area contributed by atoms with Crippen molar-refractivity contribution in [3.05, 3.63) is 41.8 Å². The lowest BCUT2D eigenvalue weighted by Crippen LogP contribution is -2.42. The van der Waals surface area contributed by atoms with Crippen LogP contribution >= 0.6 is 0 Å². The van der Waals surface area contributed by atoms with Crippen LogP contribution in [0.5, 0.6) is 0 Å². The molecule has 0 spiro atoms. The van der Waals surface area contributed by atoms with Crippen molar-refractivity contribution in [1.82, 2.24) is 14.7 Å². The van der Waals surface area contributed by atoms with Gasteiger partial charge in [0.05, 0.1) is 24.0 Å². The Labute approximate surface area is 139 Å². The molecule has 1 unspecified atom stereocenters. The van der Waals surface area contributed by atoms with E-state index in [9.17, 15) is 14.3 Å². The number of hydrogen-bond acceptors (Lipinski definition) is 4. The highest BCUT2D eigenvalue weighted by molar-refractivity contribution is 5.91. The number of piperidine rings is 1. The standard InChI is InChI=1S/C17H21FN4O2/c1-12-9-16(22(20-12)14-6-4-13(18)5-7-14)19-17(24)11-21-8-2-3-15(23)10-21/h4-7,9,15,23H,2-3,8,10-11H2,1H3,(H,19,24). The quantitative estimate of drug-likeness (QED) is 0.894. The van der Waals surface area contributed by atoms with Crippen LogP contribution in [0.3, 0.4) is 0 Å². The summed E-state index contributed by atoms with van der Waals surface area (Å²) in [4.78, 5) is 14.2. The van der Waals surface area contributed by atoms with Crippen LogP contribution in [0, 0.1) is 12.7 Å². The summed E-state index contributed by atoms with van der Waals surface area (Å²) in [6.45, 7) is 3.38. The normalized spacial score (nSPS) is 18.5. The van der Waals surface area contributed by atoms with Gasteiger partial charge >= 0.3 is 0 Å². The predicted octanol–water partition coefficient (Wildman–Crippen LogP) is 1.72. The van der Waals surface area contributed by atoms with E-state index in [1.807, 2.05) is 11.8 Å². The third-order valence-electron chi connectivity index (χ3n) is 4.02. The predicted molar refractivity (Wildman–Crippen MR) is 88.6 cm³/mol. The van der Waals surface area contributed by atoms with Gasteiger partial charge in [-0.15, -0.1) is 0 Å². The lowest BCUT2D eigenvalue weighted by atomic mass is 10.1. The van der Waals surface area contributed by atoms with E-state index in [0.717, 1.165) is 25.1 Å². The summed E-state index contributed by atoms with van der Waals surface area (Å²) in [7, 11) is 0. The second-order valence-electron chi connectivity index (χ2n) is 6.14. The fraction of sp³-hybridized carbons (Fsp3) is 0.412. The molecule has 0 aliphatic carbocycles. The van der Waals surface area contributed by atoms with Crippen molar-refractivity contribution in [1.29, 1.82) is 0 Å². The molecule has 0 saturated carbocycles. The first-order valence-electron chi connectivity index (χ1n) is 8.04. The largest absolute Gasteiger partial charge is 0.392 e. The maximum atomic E-state index is 13.1. The van der Waals surface area contributed by atoms with E-state index in [1.54, 1.807) is 22.9 Å². The summed E-state index contributed by atoms with van der Waals surface area (Å²) >= 11 is 0. The van der Waals surface area contributed by atoms with Gasteiger partial charge in [0.15, 0.2) is 0 Å². The molecule has 7 heteroatoms. The number of benzene rings is 1. The molecule has 24 heavy (non-hydrogen) atoms. The zero-order valence-electron chi connectivity index (χ0n) is 13.6. The van der Waals surface area contributed by atoms with E-state index in [1.165, 1.54) is 12.1 Å². The second kappa shape index (κ2) is 7.11. The smallest absolute Gasteiger partial charge is 0.239 e. The maximum absolute atomic E-state index is 13.1. The number of aryl methyl sites for hydroxylation is 1. The number of aliphatic hydroxyl groups excluding tert-OH is 1. The van der Waals surface area contributed by atoms with Crippen LogP contribution < -0.4 is 5.32 Å². The van der Waals surface area contributed by atoms with Gasteiger partial charge in [0, 0.05) is 12.6 Å². The molecule has 0 radical (unpaired) electrons. The van der Waals surface area contributed by atoms with Gasteiger partial charge in [-0.1, -0.05) is 0 Å². The van der Waals surface area contributed by atoms with Crippen LogP contribution in [-0.4, -0.2) is 51.4 Å². The number of nitrogens with one attached hydrogen (secondary N) is 1. The molecule has 1 fully saturated rings. The molecule has 1 aromatic heterocycles. The zero-order chi connectivity index (χ0) is 17.1. The summed E-state index contributed by atoms with van der Waals surface area (Å²) in [5.74, 6) is 0.0610. The number of carbonyl (C=O) groups excluding carboxylic acids is 1. The molecule has 1 saturated heterocycles. The van der Waals surface area contributed by atoms with E-state index >= 15 is 0 Å². The number of anilines is 1. The summed E-state index contributed by atoms with van der Waals surface area (Å²) < 4.78 is 14.7. The van der Waals surface area contributed by atoms with E-state index in [2.05, 4.69) is 10.4 Å². The Kier molecular flexibility index (Phi) is 4.92. The van der Waals surface area contributed by atoms with Crippen molar-refractivity contribution in [2.45, 2.75) is 25.9 Å². The number of halogens is 1. The van der Waals surface area contributed by atoms with Gasteiger partial charge in [-0.3, -0.25) is 9.69 Å². The zero-order valence-corrected chi connectivity index (χ0v) is 13.6. The van der Waals surface area contributed by atoms with Gasteiger partial charge in [0.2, 0.25) is 5.91 Å². The van der Waals surface area contributed by atoms with Crippen molar-refractivity contribution in [2.24, 2.45) is 0 Å². The van der Waals surface area contributed by atoms with Crippen molar-refractivity contribution < 1.29 is 14.3 Å². The van der Waals surface area contributed by atoms with Crippen LogP contribution in [0.25, 0.3) is 5.69 Å². The summed E-state index contributed by atoms with van der Waals surface area (Å²) in [5.41, 5.74) is 1.43. The highest BCUT2D eigenvalue weighted by Gasteiger charge is 2.20. The summed E-state index contributed by atoms with van der Waals surface area (Å²) in [6.07, 6.45) is 1.31. The number of nitrogens with zero attached hydrogens (tertiary/aromatic N) is 3. The Hall–Kier alpha value is -2.25. The molecule has 6 nitrogen and oxygen atoms in total. The second-order valence-corrected chi connectivity index (χ2v) is 6.14. The van der Waals surface area contributed by atoms with Gasteiger partial charge in [0.25, 0.3) is 0 Å². The number of amides is 1. The molecule has 1 aliphatic heterocycles. The third kappa shape index (κ3) is 3.98. The molecule has 3 rings (SSSR count). The number of carbonyl (C=O) groups is 1. The van der Waals surface area contributed by atoms with E-state index < -0.39 is 0 Å². The minimum Gasteiger partial charge on any atom is -0.392 e. The minimum absolute atomic E-state index is 0.160. The number of β-amino-alcohol motifs (C(OH)–C–C–N with tert-alkyl or cyclic N) is 1. The van der Waals surface area contributed by atoms with Crippen LogP contribution in [0.15, 0.2) is 30.3 Å². The Morgan fingerprint density at radius 1 is 1.42 bits per heavy atom. The Morgan fingerprint density at radius 2 is 2.17 bits per heavy atom. The van der Waals surface area contributed by atoms with Crippen LogP contribution in [0.1, 0.15) is 18.5 Å².